The number of benzene rings is 2. The average molecular weight is 407 g/mol. The van der Waals surface area contributed by atoms with E-state index >= 15 is 0 Å². The van der Waals surface area contributed by atoms with Gasteiger partial charge in [-0.15, -0.1) is 5.10 Å². The lowest BCUT2D eigenvalue weighted by Crippen LogP contribution is -2.35. The molecule has 0 saturated carbocycles. The smallest absolute Gasteiger partial charge is 0.437 e. The maximum atomic E-state index is 13.0. The summed E-state index contributed by atoms with van der Waals surface area (Å²) in [7, 11) is 0. The normalized spacial score (nSPS) is 17.9. The molecule has 0 N–H and O–H groups in total. The van der Waals surface area contributed by atoms with Crippen LogP contribution in [0.1, 0.15) is 24.4 Å². The maximum absolute atomic E-state index is 13.0. The topological polar surface area (TPSA) is 86.8 Å². The van der Waals surface area contributed by atoms with Crippen molar-refractivity contribution < 1.29 is 18.7 Å². The Kier molecular flexibility index (Phi) is 4.74. The predicted molar refractivity (Wildman–Crippen MR) is 107 cm³/mol. The van der Waals surface area contributed by atoms with Crippen LogP contribution in [0, 0.1) is 0 Å². The van der Waals surface area contributed by atoms with E-state index < -0.39 is 5.76 Å². The molecule has 30 heavy (non-hydrogen) atoms. The second-order valence-corrected chi connectivity index (χ2v) is 7.35. The number of nitrogens with zero attached hydrogens (tertiary/aromatic N) is 3. The van der Waals surface area contributed by atoms with E-state index in [1.165, 1.54) is 0 Å². The minimum Gasteiger partial charge on any atom is -0.486 e. The predicted octanol–water partition coefficient (Wildman–Crippen LogP) is 2.64. The van der Waals surface area contributed by atoms with Gasteiger partial charge in [0, 0.05) is 12.1 Å². The zero-order valence-corrected chi connectivity index (χ0v) is 16.3. The van der Waals surface area contributed by atoms with Gasteiger partial charge in [0.05, 0.1) is 6.04 Å². The molecule has 3 aromatic rings. The minimum absolute atomic E-state index is 0.0653. The van der Waals surface area contributed by atoms with Crippen molar-refractivity contribution in [3.63, 3.8) is 0 Å². The van der Waals surface area contributed by atoms with E-state index in [4.69, 9.17) is 13.9 Å². The van der Waals surface area contributed by atoms with E-state index in [9.17, 15) is 9.59 Å². The van der Waals surface area contributed by atoms with E-state index in [-0.39, 0.29) is 24.4 Å². The summed E-state index contributed by atoms with van der Waals surface area (Å²) in [5.41, 5.74) is 1.69. The highest BCUT2D eigenvalue weighted by Crippen LogP contribution is 2.38. The first-order valence-corrected chi connectivity index (χ1v) is 10.0. The standard InChI is InChI=1S/C22H21N3O5/c26-20(14-25-22(27)30-21(23-25)15-5-2-1-3-6-15)24-10-4-7-17(24)16-8-9-18-19(13-16)29-12-11-28-18/h1-3,5-6,8-9,13,17H,4,7,10-12,14H2/t17-/m1/s1. The van der Waals surface area contributed by atoms with Gasteiger partial charge in [0.2, 0.25) is 11.8 Å². The van der Waals surface area contributed by atoms with Gasteiger partial charge in [0.1, 0.15) is 19.8 Å². The van der Waals surface area contributed by atoms with Crippen LogP contribution in [0.4, 0.5) is 0 Å². The monoisotopic (exact) mass is 407 g/mol. The zero-order chi connectivity index (χ0) is 20.5. The Hall–Kier alpha value is -3.55. The number of fused-ring (bicyclic) bond motifs is 1. The molecule has 0 bridgehead atoms. The molecule has 1 fully saturated rings. The molecule has 8 heteroatoms. The molecular formula is C22H21N3O5. The molecule has 2 aliphatic rings. The van der Waals surface area contributed by atoms with Gasteiger partial charge in [-0.25, -0.2) is 4.79 Å². The number of hydrogen-bond acceptors (Lipinski definition) is 6. The molecule has 3 heterocycles. The van der Waals surface area contributed by atoms with Gasteiger partial charge in [-0.3, -0.25) is 4.79 Å². The Morgan fingerprint density at radius 1 is 1.07 bits per heavy atom. The molecule has 1 atom stereocenters. The lowest BCUT2D eigenvalue weighted by Gasteiger charge is -2.26. The molecule has 154 valence electrons. The quantitative estimate of drug-likeness (QED) is 0.661. The lowest BCUT2D eigenvalue weighted by molar-refractivity contribution is -0.133. The minimum atomic E-state index is -0.641. The fraction of sp³-hybridized carbons (Fsp3) is 0.318. The molecule has 8 nitrogen and oxygen atoms in total. The second-order valence-electron chi connectivity index (χ2n) is 7.35. The molecule has 0 radical (unpaired) electrons. The van der Waals surface area contributed by atoms with Crippen LogP contribution in [-0.4, -0.2) is 40.3 Å². The summed E-state index contributed by atoms with van der Waals surface area (Å²) < 4.78 is 17.6. The molecule has 0 spiro atoms. The van der Waals surface area contributed by atoms with Gasteiger partial charge in [-0.2, -0.15) is 4.68 Å². The average Bonchev–Trinajstić information content (AvgIpc) is 3.41. The van der Waals surface area contributed by atoms with E-state index in [0.717, 1.165) is 28.8 Å². The number of aromatic nitrogens is 2. The second kappa shape index (κ2) is 7.70. The van der Waals surface area contributed by atoms with Crippen LogP contribution in [0.3, 0.4) is 0 Å². The van der Waals surface area contributed by atoms with E-state index in [0.29, 0.717) is 31.1 Å². The first-order chi connectivity index (χ1) is 14.7. The number of hydrogen-bond donors (Lipinski definition) is 0. The van der Waals surface area contributed by atoms with Crippen LogP contribution >= 0.6 is 0 Å². The first kappa shape index (κ1) is 18.5. The molecule has 1 amide bonds. The number of likely N-dealkylation sites (tertiary alicyclic amines) is 1. The molecule has 2 aliphatic heterocycles. The zero-order valence-electron chi connectivity index (χ0n) is 16.3. The van der Waals surface area contributed by atoms with Crippen molar-refractivity contribution in [3.05, 3.63) is 64.6 Å². The highest BCUT2D eigenvalue weighted by molar-refractivity contribution is 5.77. The Balaban J connectivity index is 1.35. The number of carbonyl (C=O) groups excluding carboxylic acids is 1. The van der Waals surface area contributed by atoms with Crippen LogP contribution < -0.4 is 15.2 Å². The molecule has 1 saturated heterocycles. The number of carbonyl (C=O) groups is 1. The third-order valence-corrected chi connectivity index (χ3v) is 5.44. The third-order valence-electron chi connectivity index (χ3n) is 5.44. The van der Waals surface area contributed by atoms with Gasteiger partial charge in [-0.1, -0.05) is 24.3 Å². The highest BCUT2D eigenvalue weighted by Gasteiger charge is 2.31. The highest BCUT2D eigenvalue weighted by atomic mass is 16.6. The summed E-state index contributed by atoms with van der Waals surface area (Å²) in [6, 6.07) is 14.9. The van der Waals surface area contributed by atoms with E-state index in [1.54, 1.807) is 17.0 Å². The Bertz CT molecular complexity index is 1120. The molecule has 0 unspecified atom stereocenters. The van der Waals surface area contributed by atoms with Crippen LogP contribution in [-0.2, 0) is 11.3 Å². The lowest BCUT2D eigenvalue weighted by atomic mass is 10.0. The molecule has 5 rings (SSSR count). The van der Waals surface area contributed by atoms with Crippen LogP contribution in [0.15, 0.2) is 57.7 Å². The van der Waals surface area contributed by atoms with E-state index in [2.05, 4.69) is 5.10 Å². The summed E-state index contributed by atoms with van der Waals surface area (Å²) in [6.07, 6.45) is 1.75. The van der Waals surface area contributed by atoms with Gasteiger partial charge in [0.25, 0.3) is 0 Å². The van der Waals surface area contributed by atoms with Gasteiger partial charge in [-0.05, 0) is 42.7 Å². The number of amides is 1. The third kappa shape index (κ3) is 3.45. The fourth-order valence-electron chi connectivity index (χ4n) is 4.00. The Morgan fingerprint density at radius 2 is 1.87 bits per heavy atom. The van der Waals surface area contributed by atoms with Crippen molar-refractivity contribution >= 4 is 5.91 Å². The van der Waals surface area contributed by atoms with Crippen LogP contribution in [0.2, 0.25) is 0 Å². The van der Waals surface area contributed by atoms with Crippen molar-refractivity contribution in [1.29, 1.82) is 0 Å². The Labute approximate surface area is 172 Å². The SMILES string of the molecule is O=C(Cn1nc(-c2ccccc2)oc1=O)N1CCC[C@@H]1c1ccc2c(c1)OCCO2. The van der Waals surface area contributed by atoms with Crippen molar-refractivity contribution in [2.45, 2.75) is 25.4 Å². The summed E-state index contributed by atoms with van der Waals surface area (Å²) >= 11 is 0. The molecule has 1 aromatic heterocycles. The largest absolute Gasteiger partial charge is 0.486 e. The van der Waals surface area contributed by atoms with E-state index in [1.807, 2.05) is 36.4 Å². The fourth-order valence-corrected chi connectivity index (χ4v) is 4.00. The van der Waals surface area contributed by atoms with Gasteiger partial charge in [0.15, 0.2) is 11.5 Å². The van der Waals surface area contributed by atoms with Crippen molar-refractivity contribution in [3.8, 4) is 23.0 Å². The Morgan fingerprint density at radius 3 is 2.70 bits per heavy atom. The van der Waals surface area contributed by atoms with Gasteiger partial charge < -0.3 is 18.8 Å². The van der Waals surface area contributed by atoms with Crippen LogP contribution in [0.5, 0.6) is 11.5 Å². The molecular weight excluding hydrogens is 386 g/mol. The van der Waals surface area contributed by atoms with Crippen molar-refractivity contribution in [2.75, 3.05) is 19.8 Å². The van der Waals surface area contributed by atoms with Crippen molar-refractivity contribution in [2.24, 2.45) is 0 Å². The number of ether oxygens (including phenoxy) is 2. The van der Waals surface area contributed by atoms with Crippen molar-refractivity contribution in [1.82, 2.24) is 14.7 Å². The maximum Gasteiger partial charge on any atom is 0.437 e. The van der Waals surface area contributed by atoms with Crippen LogP contribution in [0.25, 0.3) is 11.5 Å². The summed E-state index contributed by atoms with van der Waals surface area (Å²) in [5.74, 6) is 0.833. The summed E-state index contributed by atoms with van der Waals surface area (Å²) in [6.45, 7) is 1.53. The number of rotatable bonds is 4. The van der Waals surface area contributed by atoms with Gasteiger partial charge >= 0.3 is 5.76 Å². The summed E-state index contributed by atoms with van der Waals surface area (Å²) in [4.78, 5) is 27.0. The molecule has 2 aromatic carbocycles. The summed E-state index contributed by atoms with van der Waals surface area (Å²) in [5, 5.41) is 4.20. The first-order valence-electron chi connectivity index (χ1n) is 10.0. The molecule has 0 aliphatic carbocycles.